The standard InChI is InChI=1S/C13H29NO3SSi/c1-11(17-19(6,7)13(2,3)4)10-18-9-8-14(5)12(15)16/h11H,8-10H2,1-7H3,(H,15,16). The van der Waals surface area contributed by atoms with Crippen LogP contribution in [0.2, 0.25) is 18.1 Å². The molecule has 0 aliphatic rings. The zero-order chi connectivity index (χ0) is 15.3. The minimum Gasteiger partial charge on any atom is -0.465 e. The highest BCUT2D eigenvalue weighted by Crippen LogP contribution is 2.37. The van der Waals surface area contributed by atoms with Gasteiger partial charge in [0.1, 0.15) is 0 Å². The van der Waals surface area contributed by atoms with Gasteiger partial charge in [-0.2, -0.15) is 11.8 Å². The smallest absolute Gasteiger partial charge is 0.407 e. The van der Waals surface area contributed by atoms with Crippen LogP contribution in [0.3, 0.4) is 0 Å². The predicted molar refractivity (Wildman–Crippen MR) is 85.7 cm³/mol. The van der Waals surface area contributed by atoms with Gasteiger partial charge in [-0.15, -0.1) is 0 Å². The third-order valence-corrected chi connectivity index (χ3v) is 9.33. The molecular weight excluding hydrogens is 278 g/mol. The summed E-state index contributed by atoms with van der Waals surface area (Å²) in [5, 5.41) is 8.96. The number of hydrogen-bond donors (Lipinski definition) is 1. The van der Waals surface area contributed by atoms with Gasteiger partial charge >= 0.3 is 6.09 Å². The third-order valence-electron chi connectivity index (χ3n) is 3.55. The van der Waals surface area contributed by atoms with Crippen molar-refractivity contribution in [1.29, 1.82) is 0 Å². The molecule has 0 fully saturated rings. The Bertz CT molecular complexity index is 292. The molecule has 0 radical (unpaired) electrons. The Morgan fingerprint density at radius 1 is 1.42 bits per heavy atom. The maximum atomic E-state index is 10.6. The monoisotopic (exact) mass is 307 g/mol. The molecule has 0 aromatic heterocycles. The molecule has 0 saturated carbocycles. The highest BCUT2D eigenvalue weighted by Gasteiger charge is 2.38. The summed E-state index contributed by atoms with van der Waals surface area (Å²) in [6.45, 7) is 13.9. The lowest BCUT2D eigenvalue weighted by molar-refractivity contribution is 0.158. The molecule has 4 nitrogen and oxygen atoms in total. The van der Waals surface area contributed by atoms with Gasteiger partial charge in [0.2, 0.25) is 0 Å². The number of rotatable bonds is 7. The van der Waals surface area contributed by atoms with E-state index in [2.05, 4.69) is 40.8 Å². The molecule has 0 rings (SSSR count). The second-order valence-corrected chi connectivity index (χ2v) is 12.4. The average Bonchev–Trinajstić information content (AvgIpc) is 2.21. The first-order valence-corrected chi connectivity index (χ1v) is 10.7. The van der Waals surface area contributed by atoms with Gasteiger partial charge in [0.15, 0.2) is 8.32 Å². The Kier molecular flexibility index (Phi) is 7.46. The molecule has 1 N–H and O–H groups in total. The van der Waals surface area contributed by atoms with Crippen LogP contribution >= 0.6 is 11.8 Å². The third kappa shape index (κ3) is 7.22. The minimum absolute atomic E-state index is 0.223. The Labute approximate surface area is 123 Å². The van der Waals surface area contributed by atoms with E-state index in [1.54, 1.807) is 18.8 Å². The number of carbonyl (C=O) groups is 1. The van der Waals surface area contributed by atoms with Gasteiger partial charge in [0.25, 0.3) is 0 Å². The van der Waals surface area contributed by atoms with Crippen molar-refractivity contribution in [2.75, 3.05) is 25.1 Å². The normalized spacial score (nSPS) is 14.3. The second kappa shape index (κ2) is 7.55. The van der Waals surface area contributed by atoms with Crippen molar-refractivity contribution in [2.24, 2.45) is 0 Å². The van der Waals surface area contributed by atoms with Gasteiger partial charge in [-0.3, -0.25) is 0 Å². The summed E-state index contributed by atoms with van der Waals surface area (Å²) < 4.78 is 6.24. The van der Waals surface area contributed by atoms with Gasteiger partial charge in [-0.05, 0) is 25.1 Å². The van der Waals surface area contributed by atoms with Crippen molar-refractivity contribution in [2.45, 2.75) is 51.9 Å². The first kappa shape index (κ1) is 18.8. The lowest BCUT2D eigenvalue weighted by Gasteiger charge is -2.38. The molecule has 0 bridgehead atoms. The summed E-state index contributed by atoms with van der Waals surface area (Å²) in [6, 6.07) is 0. The summed E-state index contributed by atoms with van der Waals surface area (Å²) in [5.74, 6) is 1.73. The Hall–Kier alpha value is -0.203. The van der Waals surface area contributed by atoms with Crippen LogP contribution in [0.25, 0.3) is 0 Å². The zero-order valence-electron chi connectivity index (χ0n) is 13.3. The number of amides is 1. The van der Waals surface area contributed by atoms with Crippen LogP contribution in [-0.2, 0) is 4.43 Å². The molecule has 6 heteroatoms. The van der Waals surface area contributed by atoms with Crippen molar-refractivity contribution < 1.29 is 14.3 Å². The van der Waals surface area contributed by atoms with E-state index in [4.69, 9.17) is 9.53 Å². The lowest BCUT2D eigenvalue weighted by Crippen LogP contribution is -2.43. The Morgan fingerprint density at radius 3 is 2.37 bits per heavy atom. The van der Waals surface area contributed by atoms with Gasteiger partial charge < -0.3 is 14.4 Å². The predicted octanol–water partition coefficient (Wildman–Crippen LogP) is 3.74. The number of hydrogen-bond acceptors (Lipinski definition) is 3. The summed E-state index contributed by atoms with van der Waals surface area (Å²) in [7, 11) is -0.0900. The number of thioether (sulfide) groups is 1. The van der Waals surface area contributed by atoms with Crippen LogP contribution in [0.4, 0.5) is 4.79 Å². The molecule has 1 unspecified atom stereocenters. The minimum atomic E-state index is -1.69. The summed E-state index contributed by atoms with van der Waals surface area (Å²) >= 11 is 1.75. The van der Waals surface area contributed by atoms with E-state index < -0.39 is 14.4 Å². The van der Waals surface area contributed by atoms with E-state index in [9.17, 15) is 4.79 Å². The fourth-order valence-electron chi connectivity index (χ4n) is 1.26. The first-order chi connectivity index (χ1) is 8.47. The highest BCUT2D eigenvalue weighted by atomic mass is 32.2. The van der Waals surface area contributed by atoms with Crippen LogP contribution in [0.15, 0.2) is 0 Å². The number of carboxylic acid groups (broad SMARTS) is 1. The molecule has 1 atom stereocenters. The van der Waals surface area contributed by atoms with Crippen molar-refractivity contribution in [3.8, 4) is 0 Å². The van der Waals surface area contributed by atoms with Crippen molar-refractivity contribution in [3.05, 3.63) is 0 Å². The lowest BCUT2D eigenvalue weighted by atomic mass is 10.2. The van der Waals surface area contributed by atoms with E-state index in [1.807, 2.05) is 0 Å². The van der Waals surface area contributed by atoms with Crippen LogP contribution in [0.5, 0.6) is 0 Å². The van der Waals surface area contributed by atoms with Crippen LogP contribution in [-0.4, -0.2) is 55.6 Å². The fourth-order valence-corrected chi connectivity index (χ4v) is 3.79. The molecule has 0 aliphatic heterocycles. The number of nitrogens with zero attached hydrogens (tertiary/aromatic N) is 1. The molecule has 0 aromatic rings. The molecule has 0 aliphatic carbocycles. The molecule has 0 spiro atoms. The maximum Gasteiger partial charge on any atom is 0.407 e. The molecule has 1 amide bonds. The van der Waals surface area contributed by atoms with Crippen LogP contribution in [0, 0.1) is 0 Å². The summed E-state index contributed by atoms with van der Waals surface area (Å²) in [5.41, 5.74) is 0. The van der Waals surface area contributed by atoms with Gasteiger partial charge in [0, 0.05) is 25.1 Å². The van der Waals surface area contributed by atoms with Gasteiger partial charge in [-0.1, -0.05) is 20.8 Å². The first-order valence-electron chi connectivity index (χ1n) is 6.67. The summed E-state index contributed by atoms with van der Waals surface area (Å²) in [6.07, 6.45) is -0.646. The maximum absolute atomic E-state index is 10.6. The molecule has 0 saturated heterocycles. The average molecular weight is 308 g/mol. The topological polar surface area (TPSA) is 49.8 Å². The second-order valence-electron chi connectivity index (χ2n) is 6.47. The van der Waals surface area contributed by atoms with E-state index in [0.717, 1.165) is 11.5 Å². The molecule has 0 heterocycles. The van der Waals surface area contributed by atoms with Crippen LogP contribution in [0.1, 0.15) is 27.7 Å². The summed E-state index contributed by atoms with van der Waals surface area (Å²) in [4.78, 5) is 11.9. The van der Waals surface area contributed by atoms with Crippen molar-refractivity contribution >= 4 is 26.2 Å². The quantitative estimate of drug-likeness (QED) is 0.575. The van der Waals surface area contributed by atoms with E-state index in [1.165, 1.54) is 4.90 Å². The largest absolute Gasteiger partial charge is 0.465 e. The Balaban J connectivity index is 3.95. The van der Waals surface area contributed by atoms with E-state index in [-0.39, 0.29) is 11.1 Å². The SMILES string of the molecule is CC(CSCCN(C)C(=O)O)O[Si](C)(C)C(C)(C)C. The molecule has 19 heavy (non-hydrogen) atoms. The van der Waals surface area contributed by atoms with E-state index >= 15 is 0 Å². The van der Waals surface area contributed by atoms with Gasteiger partial charge in [-0.25, -0.2) is 4.79 Å². The van der Waals surface area contributed by atoms with Gasteiger partial charge in [0.05, 0.1) is 6.10 Å². The highest BCUT2D eigenvalue weighted by molar-refractivity contribution is 7.99. The van der Waals surface area contributed by atoms with Crippen LogP contribution < -0.4 is 0 Å². The Morgan fingerprint density at radius 2 is 1.95 bits per heavy atom. The molecule has 114 valence electrons. The fraction of sp³-hybridized carbons (Fsp3) is 0.923. The van der Waals surface area contributed by atoms with Crippen molar-refractivity contribution in [1.82, 2.24) is 4.90 Å². The zero-order valence-corrected chi connectivity index (χ0v) is 15.1. The molecular formula is C13H29NO3SSi. The van der Waals surface area contributed by atoms with E-state index in [0.29, 0.717) is 6.54 Å². The molecule has 0 aromatic carbocycles. The van der Waals surface area contributed by atoms with Crippen molar-refractivity contribution in [3.63, 3.8) is 0 Å².